The van der Waals surface area contributed by atoms with Crippen molar-refractivity contribution in [3.05, 3.63) is 58.0 Å². The van der Waals surface area contributed by atoms with Gasteiger partial charge in [-0.3, -0.25) is 9.52 Å². The van der Waals surface area contributed by atoms with Crippen LogP contribution < -0.4 is 10.5 Å². The van der Waals surface area contributed by atoms with Crippen molar-refractivity contribution >= 4 is 39.3 Å². The summed E-state index contributed by atoms with van der Waals surface area (Å²) in [4.78, 5) is 10.8. The molecule has 24 heavy (non-hydrogen) atoms. The van der Waals surface area contributed by atoms with E-state index in [0.29, 0.717) is 5.02 Å². The number of benzene rings is 2. The van der Waals surface area contributed by atoms with E-state index < -0.39 is 26.6 Å². The minimum absolute atomic E-state index is 0.167. The van der Waals surface area contributed by atoms with E-state index in [1.165, 1.54) is 30.3 Å². The number of phenols is 2. The van der Waals surface area contributed by atoms with Crippen LogP contribution in [0.15, 0.2) is 47.4 Å². The highest BCUT2D eigenvalue weighted by Gasteiger charge is 2.23. The van der Waals surface area contributed by atoms with Gasteiger partial charge in [0.1, 0.15) is 0 Å². The van der Waals surface area contributed by atoms with Crippen LogP contribution in [0.4, 0.5) is 5.69 Å². The van der Waals surface area contributed by atoms with E-state index in [1.807, 2.05) is 0 Å². The lowest BCUT2D eigenvalue weighted by Gasteiger charge is -2.09. The van der Waals surface area contributed by atoms with Gasteiger partial charge in [-0.1, -0.05) is 17.7 Å². The van der Waals surface area contributed by atoms with E-state index in [0.717, 1.165) is 18.2 Å². The van der Waals surface area contributed by atoms with E-state index in [2.05, 4.69) is 4.72 Å². The number of rotatable bonds is 5. The number of halogens is 1. The van der Waals surface area contributed by atoms with Crippen LogP contribution in [-0.2, 0) is 14.8 Å². The molecule has 0 saturated carbocycles. The lowest BCUT2D eigenvalue weighted by atomic mass is 10.2. The number of nitrogens with one attached hydrogen (secondary N) is 1. The van der Waals surface area contributed by atoms with Gasteiger partial charge in [-0.25, -0.2) is 8.42 Å². The first-order valence-corrected chi connectivity index (χ1v) is 8.37. The van der Waals surface area contributed by atoms with Crippen molar-refractivity contribution in [1.29, 1.82) is 0 Å². The normalized spacial score (nSPS) is 12.0. The number of primary amides is 1. The van der Waals surface area contributed by atoms with Crippen LogP contribution >= 0.6 is 11.6 Å². The lowest BCUT2D eigenvalue weighted by Crippen LogP contribution is -2.25. The summed E-state index contributed by atoms with van der Waals surface area (Å²) >= 11 is 5.72. The number of phenolic OH excluding ortho intramolecular Hbond substituents is 2. The first-order valence-electron chi connectivity index (χ1n) is 6.51. The summed E-state index contributed by atoms with van der Waals surface area (Å²) in [6.45, 7) is 0. The van der Waals surface area contributed by atoms with Gasteiger partial charge in [0.25, 0.3) is 15.9 Å². The number of hydrogen-bond acceptors (Lipinski definition) is 5. The second-order valence-corrected chi connectivity index (χ2v) is 6.82. The molecular weight excluding hydrogens is 356 g/mol. The molecule has 5 N–H and O–H groups in total. The minimum atomic E-state index is -4.26. The predicted octanol–water partition coefficient (Wildman–Crippen LogP) is 2.02. The summed E-state index contributed by atoms with van der Waals surface area (Å²) < 4.78 is 26.9. The van der Waals surface area contributed by atoms with Gasteiger partial charge in [-0.15, -0.1) is 0 Å². The van der Waals surface area contributed by atoms with E-state index in [4.69, 9.17) is 17.3 Å². The minimum Gasteiger partial charge on any atom is -0.504 e. The highest BCUT2D eigenvalue weighted by atomic mass is 35.5. The topological polar surface area (TPSA) is 130 Å². The van der Waals surface area contributed by atoms with Gasteiger partial charge < -0.3 is 15.9 Å². The third-order valence-corrected chi connectivity index (χ3v) is 4.58. The second-order valence-electron chi connectivity index (χ2n) is 4.73. The molecule has 7 nitrogen and oxygen atoms in total. The Kier molecular flexibility index (Phi) is 5.01. The molecule has 0 aromatic heterocycles. The summed E-state index contributed by atoms with van der Waals surface area (Å²) in [6, 6.07) is 9.36. The quantitative estimate of drug-likeness (QED) is 0.474. The fourth-order valence-corrected chi connectivity index (χ4v) is 3.03. The first kappa shape index (κ1) is 17.6. The first-order chi connectivity index (χ1) is 11.2. The van der Waals surface area contributed by atoms with Gasteiger partial charge in [0.15, 0.2) is 16.4 Å². The van der Waals surface area contributed by atoms with Gasteiger partial charge >= 0.3 is 0 Å². The van der Waals surface area contributed by atoms with Crippen molar-refractivity contribution in [1.82, 2.24) is 0 Å². The SMILES string of the molecule is NC(=O)/C(=C/c1ccc(O)c(O)c1)S(=O)(=O)Nc1ccc(Cl)cc1. The molecule has 2 aromatic rings. The van der Waals surface area contributed by atoms with Crippen LogP contribution in [0.5, 0.6) is 11.5 Å². The van der Waals surface area contributed by atoms with Crippen LogP contribution in [0.1, 0.15) is 5.56 Å². The molecule has 2 aromatic carbocycles. The average Bonchev–Trinajstić information content (AvgIpc) is 2.50. The maximum Gasteiger partial charge on any atom is 0.267 e. The van der Waals surface area contributed by atoms with Gasteiger partial charge in [0.2, 0.25) is 0 Å². The fourth-order valence-electron chi connectivity index (χ4n) is 1.79. The molecule has 0 saturated heterocycles. The number of carbonyl (C=O) groups excluding carboxylic acids is 1. The van der Waals surface area contributed by atoms with Crippen LogP contribution in [0.25, 0.3) is 6.08 Å². The molecule has 0 radical (unpaired) electrons. The molecular formula is C15H13ClN2O5S. The van der Waals surface area contributed by atoms with Gasteiger partial charge in [-0.2, -0.15) is 0 Å². The standard InChI is InChI=1S/C15H13ClN2O5S/c16-10-2-4-11(5-3-10)18-24(22,23)14(15(17)21)8-9-1-6-12(19)13(20)7-9/h1-8,18-20H,(H2,17,21)/b14-8-. The molecule has 1 amide bonds. The number of carbonyl (C=O) groups is 1. The van der Waals surface area contributed by atoms with Crippen molar-refractivity contribution in [2.24, 2.45) is 5.73 Å². The lowest BCUT2D eigenvalue weighted by molar-refractivity contribution is -0.113. The smallest absolute Gasteiger partial charge is 0.267 e. The largest absolute Gasteiger partial charge is 0.504 e. The molecule has 2 rings (SSSR count). The number of aromatic hydroxyl groups is 2. The molecule has 0 bridgehead atoms. The monoisotopic (exact) mass is 368 g/mol. The Labute approximate surface area is 143 Å². The maximum absolute atomic E-state index is 12.4. The third-order valence-electron chi connectivity index (χ3n) is 2.93. The Morgan fingerprint density at radius 2 is 1.71 bits per heavy atom. The number of nitrogens with two attached hydrogens (primary N) is 1. The summed E-state index contributed by atoms with van der Waals surface area (Å²) in [6.07, 6.45) is 0.986. The van der Waals surface area contributed by atoms with E-state index in [9.17, 15) is 23.4 Å². The molecule has 0 aliphatic carbocycles. The molecule has 9 heteroatoms. The molecule has 0 aliphatic heterocycles. The Morgan fingerprint density at radius 1 is 1.08 bits per heavy atom. The number of sulfonamides is 1. The summed E-state index contributed by atoms with van der Waals surface area (Å²) in [7, 11) is -4.26. The Bertz CT molecular complexity index is 908. The van der Waals surface area contributed by atoms with E-state index in [1.54, 1.807) is 0 Å². The van der Waals surface area contributed by atoms with Crippen molar-refractivity contribution < 1.29 is 23.4 Å². The van der Waals surface area contributed by atoms with Gasteiger partial charge in [-0.05, 0) is 48.0 Å². The highest BCUT2D eigenvalue weighted by molar-refractivity contribution is 7.97. The fraction of sp³-hybridized carbons (Fsp3) is 0. The van der Waals surface area contributed by atoms with Crippen molar-refractivity contribution in [2.45, 2.75) is 0 Å². The third kappa shape index (κ3) is 4.18. The molecule has 0 atom stereocenters. The predicted molar refractivity (Wildman–Crippen MR) is 90.9 cm³/mol. The molecule has 0 aliphatic rings. The highest BCUT2D eigenvalue weighted by Crippen LogP contribution is 2.27. The zero-order chi connectivity index (χ0) is 17.9. The van der Waals surface area contributed by atoms with Crippen LogP contribution in [0.2, 0.25) is 5.02 Å². The molecule has 0 spiro atoms. The Hall–Kier alpha value is -2.71. The zero-order valence-corrected chi connectivity index (χ0v) is 13.7. The summed E-state index contributed by atoms with van der Waals surface area (Å²) in [5.74, 6) is -2.02. The van der Waals surface area contributed by atoms with Crippen LogP contribution in [-0.4, -0.2) is 24.5 Å². The molecule has 0 fully saturated rings. The average molecular weight is 369 g/mol. The molecule has 126 valence electrons. The molecule has 0 unspecified atom stereocenters. The van der Waals surface area contributed by atoms with Crippen molar-refractivity contribution in [3.8, 4) is 11.5 Å². The zero-order valence-electron chi connectivity index (χ0n) is 12.1. The van der Waals surface area contributed by atoms with Crippen molar-refractivity contribution in [2.75, 3.05) is 4.72 Å². The van der Waals surface area contributed by atoms with Gasteiger partial charge in [0.05, 0.1) is 0 Å². The Balaban J connectivity index is 2.41. The second kappa shape index (κ2) is 6.81. The van der Waals surface area contributed by atoms with Crippen LogP contribution in [0, 0.1) is 0 Å². The number of anilines is 1. The van der Waals surface area contributed by atoms with E-state index in [-0.39, 0.29) is 17.0 Å². The number of amides is 1. The summed E-state index contributed by atoms with van der Waals surface area (Å²) in [5.41, 5.74) is 5.52. The summed E-state index contributed by atoms with van der Waals surface area (Å²) in [5, 5.41) is 19.1. The maximum atomic E-state index is 12.4. The van der Waals surface area contributed by atoms with E-state index >= 15 is 0 Å². The van der Waals surface area contributed by atoms with Gasteiger partial charge in [0, 0.05) is 10.7 Å². The van der Waals surface area contributed by atoms with Crippen LogP contribution in [0.3, 0.4) is 0 Å². The molecule has 0 heterocycles. The number of hydrogen-bond donors (Lipinski definition) is 4. The Morgan fingerprint density at radius 3 is 2.25 bits per heavy atom. The van der Waals surface area contributed by atoms with Crippen molar-refractivity contribution in [3.63, 3.8) is 0 Å².